The van der Waals surface area contributed by atoms with Gasteiger partial charge >= 0.3 is 6.18 Å². The summed E-state index contributed by atoms with van der Waals surface area (Å²) in [6, 6.07) is 11.7. The van der Waals surface area contributed by atoms with E-state index in [0.29, 0.717) is 12.2 Å². The van der Waals surface area contributed by atoms with Gasteiger partial charge in [-0.2, -0.15) is 13.2 Å². The summed E-state index contributed by atoms with van der Waals surface area (Å²) in [6.07, 6.45) is -2.90. The molecule has 0 atom stereocenters. The molecule has 7 heteroatoms. The summed E-state index contributed by atoms with van der Waals surface area (Å²) in [7, 11) is 0. The Kier molecular flexibility index (Phi) is 3.77. The molecule has 0 aliphatic carbocycles. The molecule has 0 fully saturated rings. The van der Waals surface area contributed by atoms with Crippen molar-refractivity contribution < 1.29 is 18.3 Å². The minimum absolute atomic E-state index is 0.0150. The van der Waals surface area contributed by atoms with Crippen LogP contribution in [0.2, 0.25) is 0 Å². The summed E-state index contributed by atoms with van der Waals surface area (Å²) in [5.74, 6) is 0.505. The molecular weight excluding hydrogens is 307 g/mol. The number of aromatic nitrogens is 3. The average Bonchev–Trinajstić information content (AvgIpc) is 2.97. The van der Waals surface area contributed by atoms with Crippen LogP contribution in [0, 0.1) is 0 Å². The maximum Gasteiger partial charge on any atom is 0.418 e. The highest BCUT2D eigenvalue weighted by atomic mass is 19.4. The number of phenols is 1. The number of rotatable bonds is 3. The van der Waals surface area contributed by atoms with Gasteiger partial charge in [0.2, 0.25) is 0 Å². The van der Waals surface area contributed by atoms with Crippen molar-refractivity contribution in [2.45, 2.75) is 12.6 Å². The van der Waals surface area contributed by atoms with Gasteiger partial charge in [0.25, 0.3) is 0 Å². The maximum absolute atomic E-state index is 13.2. The first-order valence-corrected chi connectivity index (χ1v) is 6.78. The summed E-state index contributed by atoms with van der Waals surface area (Å²) < 4.78 is 40.8. The first kappa shape index (κ1) is 15.1. The molecule has 1 heterocycles. The van der Waals surface area contributed by atoms with Crippen LogP contribution in [0.3, 0.4) is 0 Å². The van der Waals surface area contributed by atoms with E-state index >= 15 is 0 Å². The highest BCUT2D eigenvalue weighted by Gasteiger charge is 2.34. The van der Waals surface area contributed by atoms with Crippen LogP contribution >= 0.6 is 0 Å². The van der Waals surface area contributed by atoms with E-state index < -0.39 is 11.7 Å². The van der Waals surface area contributed by atoms with Gasteiger partial charge in [-0.05, 0) is 29.8 Å². The molecule has 1 aromatic heterocycles. The number of hydrogen-bond acceptors (Lipinski definition) is 3. The van der Waals surface area contributed by atoms with E-state index in [1.807, 2.05) is 0 Å². The molecule has 118 valence electrons. The predicted octanol–water partition coefficient (Wildman–Crippen LogP) is 3.58. The molecule has 0 aliphatic rings. The molecule has 4 nitrogen and oxygen atoms in total. The second-order valence-electron chi connectivity index (χ2n) is 4.98. The average molecular weight is 319 g/mol. The summed E-state index contributed by atoms with van der Waals surface area (Å²) in [5, 5.41) is 16.9. The van der Waals surface area contributed by atoms with Crippen molar-refractivity contribution in [2.24, 2.45) is 0 Å². The van der Waals surface area contributed by atoms with Crippen molar-refractivity contribution in [1.29, 1.82) is 0 Å². The zero-order valence-corrected chi connectivity index (χ0v) is 11.8. The summed E-state index contributed by atoms with van der Waals surface area (Å²) in [5.41, 5.74) is 0.0482. The van der Waals surface area contributed by atoms with Gasteiger partial charge in [-0.3, -0.25) is 4.57 Å². The third-order valence-corrected chi connectivity index (χ3v) is 3.39. The molecule has 0 radical (unpaired) electrons. The number of alkyl halides is 3. The Morgan fingerprint density at radius 3 is 2.39 bits per heavy atom. The standard InChI is InChI=1S/C16H12F3N3O/c17-16(18,19)13-3-1-2-4-14(13)22-10-20-21-15(22)9-11-5-7-12(23)8-6-11/h1-8,10,23H,9H2. The molecule has 0 spiro atoms. The van der Waals surface area contributed by atoms with Crippen LogP contribution in [-0.2, 0) is 12.6 Å². The van der Waals surface area contributed by atoms with E-state index in [4.69, 9.17) is 0 Å². The van der Waals surface area contributed by atoms with Crippen LogP contribution in [0.1, 0.15) is 17.0 Å². The largest absolute Gasteiger partial charge is 0.508 e. The van der Waals surface area contributed by atoms with Crippen LogP contribution < -0.4 is 0 Å². The van der Waals surface area contributed by atoms with Crippen molar-refractivity contribution in [2.75, 3.05) is 0 Å². The van der Waals surface area contributed by atoms with Crippen molar-refractivity contribution in [3.63, 3.8) is 0 Å². The smallest absolute Gasteiger partial charge is 0.418 e. The molecule has 3 aromatic rings. The van der Waals surface area contributed by atoms with Gasteiger partial charge in [-0.1, -0.05) is 24.3 Å². The summed E-state index contributed by atoms with van der Waals surface area (Å²) in [4.78, 5) is 0. The fourth-order valence-corrected chi connectivity index (χ4v) is 2.30. The molecule has 23 heavy (non-hydrogen) atoms. The minimum Gasteiger partial charge on any atom is -0.508 e. The quantitative estimate of drug-likeness (QED) is 0.803. The predicted molar refractivity (Wildman–Crippen MR) is 77.3 cm³/mol. The Labute approximate surface area is 129 Å². The molecule has 0 bridgehead atoms. The lowest BCUT2D eigenvalue weighted by Crippen LogP contribution is -2.12. The zero-order valence-electron chi connectivity index (χ0n) is 11.8. The van der Waals surface area contributed by atoms with E-state index in [1.54, 1.807) is 12.1 Å². The second-order valence-corrected chi connectivity index (χ2v) is 4.98. The van der Waals surface area contributed by atoms with Crippen LogP contribution in [0.15, 0.2) is 54.9 Å². The molecule has 0 saturated carbocycles. The fourth-order valence-electron chi connectivity index (χ4n) is 2.30. The van der Waals surface area contributed by atoms with Gasteiger partial charge in [0.1, 0.15) is 17.9 Å². The van der Waals surface area contributed by atoms with Crippen molar-refractivity contribution in [1.82, 2.24) is 14.8 Å². The number of hydrogen-bond donors (Lipinski definition) is 1. The van der Waals surface area contributed by atoms with Gasteiger partial charge < -0.3 is 5.11 Å². The third-order valence-electron chi connectivity index (χ3n) is 3.39. The van der Waals surface area contributed by atoms with Crippen molar-refractivity contribution in [3.8, 4) is 11.4 Å². The molecule has 2 aromatic carbocycles. The van der Waals surface area contributed by atoms with Crippen LogP contribution in [0.5, 0.6) is 5.75 Å². The molecular formula is C16H12F3N3O. The van der Waals surface area contributed by atoms with E-state index in [-0.39, 0.29) is 11.4 Å². The van der Waals surface area contributed by atoms with Gasteiger partial charge in [-0.15, -0.1) is 10.2 Å². The Hall–Kier alpha value is -2.83. The number of nitrogens with zero attached hydrogens (tertiary/aromatic N) is 3. The molecule has 1 N–H and O–H groups in total. The maximum atomic E-state index is 13.2. The number of halogens is 3. The molecule has 3 rings (SSSR count). The molecule has 0 saturated heterocycles. The lowest BCUT2D eigenvalue weighted by atomic mass is 10.1. The Morgan fingerprint density at radius 1 is 1.00 bits per heavy atom. The SMILES string of the molecule is Oc1ccc(Cc2nncn2-c2ccccc2C(F)(F)F)cc1. The number of benzene rings is 2. The summed E-state index contributed by atoms with van der Waals surface area (Å²) in [6.45, 7) is 0. The molecule has 0 unspecified atom stereocenters. The first-order valence-electron chi connectivity index (χ1n) is 6.78. The Balaban J connectivity index is 2.00. The monoisotopic (exact) mass is 319 g/mol. The van der Waals surface area contributed by atoms with Gasteiger partial charge in [-0.25, -0.2) is 0 Å². The van der Waals surface area contributed by atoms with Crippen LogP contribution in [0.25, 0.3) is 5.69 Å². The summed E-state index contributed by atoms with van der Waals surface area (Å²) >= 11 is 0. The zero-order chi connectivity index (χ0) is 16.4. The van der Waals surface area contributed by atoms with E-state index in [1.165, 1.54) is 41.2 Å². The number of phenolic OH excluding ortho intramolecular Hbond substituents is 1. The highest BCUT2D eigenvalue weighted by Crippen LogP contribution is 2.34. The third kappa shape index (κ3) is 3.18. The first-order chi connectivity index (χ1) is 10.9. The van der Waals surface area contributed by atoms with Crippen LogP contribution in [-0.4, -0.2) is 19.9 Å². The topological polar surface area (TPSA) is 50.9 Å². The normalized spacial score (nSPS) is 11.6. The lowest BCUT2D eigenvalue weighted by Gasteiger charge is -2.14. The molecule has 0 aliphatic heterocycles. The van der Waals surface area contributed by atoms with Crippen molar-refractivity contribution in [3.05, 3.63) is 71.8 Å². The second kappa shape index (κ2) is 5.75. The van der Waals surface area contributed by atoms with Crippen LogP contribution in [0.4, 0.5) is 13.2 Å². The van der Waals surface area contributed by atoms with Gasteiger partial charge in [0.15, 0.2) is 0 Å². The van der Waals surface area contributed by atoms with E-state index in [9.17, 15) is 18.3 Å². The minimum atomic E-state index is -4.46. The van der Waals surface area contributed by atoms with Gasteiger partial charge in [0, 0.05) is 6.42 Å². The number of para-hydroxylation sites is 1. The van der Waals surface area contributed by atoms with E-state index in [0.717, 1.165) is 11.6 Å². The number of aromatic hydroxyl groups is 1. The van der Waals surface area contributed by atoms with Gasteiger partial charge in [0.05, 0.1) is 11.3 Å². The van der Waals surface area contributed by atoms with E-state index in [2.05, 4.69) is 10.2 Å². The van der Waals surface area contributed by atoms with Crippen molar-refractivity contribution >= 4 is 0 Å². The highest BCUT2D eigenvalue weighted by molar-refractivity contribution is 5.44. The lowest BCUT2D eigenvalue weighted by molar-refractivity contribution is -0.137. The fraction of sp³-hybridized carbons (Fsp3) is 0.125. The Bertz CT molecular complexity index is 810. The Morgan fingerprint density at radius 2 is 1.70 bits per heavy atom. The molecule has 0 amide bonds.